The van der Waals surface area contributed by atoms with Gasteiger partial charge >= 0.3 is 0 Å². The van der Waals surface area contributed by atoms with E-state index in [4.69, 9.17) is 0 Å². The molecule has 0 spiro atoms. The zero-order valence-electron chi connectivity index (χ0n) is 11.7. The topological polar surface area (TPSA) is 56.9 Å². The van der Waals surface area contributed by atoms with Crippen molar-refractivity contribution in [1.29, 1.82) is 0 Å². The highest BCUT2D eigenvalue weighted by atomic mass is 16.1. The summed E-state index contributed by atoms with van der Waals surface area (Å²) in [7, 11) is 1.87. The van der Waals surface area contributed by atoms with Gasteiger partial charge in [0.05, 0.1) is 11.6 Å². The van der Waals surface area contributed by atoms with Crippen LogP contribution < -0.4 is 10.6 Å². The fourth-order valence-electron chi connectivity index (χ4n) is 2.33. The van der Waals surface area contributed by atoms with E-state index in [1.165, 1.54) is 0 Å². The summed E-state index contributed by atoms with van der Waals surface area (Å²) in [4.78, 5) is 15.6. The van der Waals surface area contributed by atoms with E-state index in [2.05, 4.69) is 15.6 Å². The number of hydrogen-bond donors (Lipinski definition) is 3. The Morgan fingerprint density at radius 1 is 1.37 bits per heavy atom. The van der Waals surface area contributed by atoms with Crippen LogP contribution in [-0.2, 0) is 4.79 Å². The molecule has 1 amide bonds. The van der Waals surface area contributed by atoms with Gasteiger partial charge in [-0.15, -0.1) is 0 Å². The lowest BCUT2D eigenvalue weighted by Crippen LogP contribution is -2.30. The van der Waals surface area contributed by atoms with Crippen LogP contribution in [0.4, 0.5) is 5.69 Å². The molecule has 4 nitrogen and oxygen atoms in total. The Hall–Kier alpha value is -1.81. The third kappa shape index (κ3) is 2.79. The van der Waals surface area contributed by atoms with Crippen molar-refractivity contribution < 1.29 is 4.79 Å². The standard InChI is InChI=1S/C15H21N3O/c1-4-11(9-16-3)15(19)18-14-10(2)17-13-8-6-5-7-12(13)14/h5-8,11,16-17H,4,9H2,1-3H3,(H,18,19). The third-order valence-electron chi connectivity index (χ3n) is 3.46. The maximum absolute atomic E-state index is 12.3. The van der Waals surface area contributed by atoms with Gasteiger partial charge in [-0.25, -0.2) is 0 Å². The number of benzene rings is 1. The average Bonchev–Trinajstić information content (AvgIpc) is 2.72. The number of aromatic amines is 1. The molecule has 0 fully saturated rings. The van der Waals surface area contributed by atoms with E-state index in [1.807, 2.05) is 45.2 Å². The van der Waals surface area contributed by atoms with Gasteiger partial charge < -0.3 is 15.6 Å². The van der Waals surface area contributed by atoms with Crippen molar-refractivity contribution in [3.63, 3.8) is 0 Å². The molecule has 1 aromatic carbocycles. The highest BCUT2D eigenvalue weighted by Gasteiger charge is 2.18. The third-order valence-corrected chi connectivity index (χ3v) is 3.46. The molecule has 0 saturated heterocycles. The molecule has 2 rings (SSSR count). The van der Waals surface area contributed by atoms with E-state index in [1.54, 1.807) is 0 Å². The predicted molar refractivity (Wildman–Crippen MR) is 79.4 cm³/mol. The lowest BCUT2D eigenvalue weighted by atomic mass is 10.1. The molecule has 1 heterocycles. The first-order valence-electron chi connectivity index (χ1n) is 6.70. The summed E-state index contributed by atoms with van der Waals surface area (Å²) in [6.07, 6.45) is 0.827. The van der Waals surface area contributed by atoms with Crippen LogP contribution in [0.1, 0.15) is 19.0 Å². The Morgan fingerprint density at radius 3 is 2.79 bits per heavy atom. The van der Waals surface area contributed by atoms with Crippen LogP contribution in [0.25, 0.3) is 10.9 Å². The summed E-state index contributed by atoms with van der Waals surface area (Å²) in [5.41, 5.74) is 2.95. The number of amides is 1. The van der Waals surface area contributed by atoms with Crippen LogP contribution in [-0.4, -0.2) is 24.5 Å². The Balaban J connectivity index is 2.25. The van der Waals surface area contributed by atoms with Gasteiger partial charge in [-0.2, -0.15) is 0 Å². The monoisotopic (exact) mass is 259 g/mol. The lowest BCUT2D eigenvalue weighted by Gasteiger charge is -2.14. The van der Waals surface area contributed by atoms with Gasteiger partial charge in [-0.3, -0.25) is 4.79 Å². The fourth-order valence-corrected chi connectivity index (χ4v) is 2.33. The molecule has 0 saturated carbocycles. The summed E-state index contributed by atoms with van der Waals surface area (Å²) < 4.78 is 0. The molecule has 4 heteroatoms. The maximum atomic E-state index is 12.3. The van der Waals surface area contributed by atoms with Crippen molar-refractivity contribution in [2.24, 2.45) is 5.92 Å². The van der Waals surface area contributed by atoms with Crippen molar-refractivity contribution in [3.8, 4) is 0 Å². The number of hydrogen-bond acceptors (Lipinski definition) is 2. The van der Waals surface area contributed by atoms with E-state index in [9.17, 15) is 4.79 Å². The highest BCUT2D eigenvalue weighted by Crippen LogP contribution is 2.27. The zero-order chi connectivity index (χ0) is 13.8. The van der Waals surface area contributed by atoms with Gasteiger partial charge in [0.25, 0.3) is 0 Å². The van der Waals surface area contributed by atoms with Crippen molar-refractivity contribution in [3.05, 3.63) is 30.0 Å². The Morgan fingerprint density at radius 2 is 2.11 bits per heavy atom. The maximum Gasteiger partial charge on any atom is 0.228 e. The van der Waals surface area contributed by atoms with E-state index in [-0.39, 0.29) is 11.8 Å². The molecule has 0 aliphatic heterocycles. The Kier molecular flexibility index (Phi) is 4.22. The van der Waals surface area contributed by atoms with Crippen LogP contribution in [0.2, 0.25) is 0 Å². The van der Waals surface area contributed by atoms with Crippen LogP contribution in [0, 0.1) is 12.8 Å². The van der Waals surface area contributed by atoms with Crippen LogP contribution in [0.3, 0.4) is 0 Å². The van der Waals surface area contributed by atoms with Crippen molar-refractivity contribution in [2.45, 2.75) is 20.3 Å². The molecule has 0 bridgehead atoms. The number of para-hydroxylation sites is 1. The number of nitrogens with one attached hydrogen (secondary N) is 3. The minimum atomic E-state index is -0.00179. The van der Waals surface area contributed by atoms with Crippen molar-refractivity contribution in [2.75, 3.05) is 18.9 Å². The first-order chi connectivity index (χ1) is 9.17. The van der Waals surface area contributed by atoms with Crippen molar-refractivity contribution >= 4 is 22.5 Å². The summed E-state index contributed by atoms with van der Waals surface area (Å²) in [6, 6.07) is 8.01. The van der Waals surface area contributed by atoms with Gasteiger partial charge in [0.15, 0.2) is 0 Å². The zero-order valence-corrected chi connectivity index (χ0v) is 11.7. The highest BCUT2D eigenvalue weighted by molar-refractivity contribution is 6.03. The SMILES string of the molecule is CCC(CNC)C(=O)Nc1c(C)[nH]c2ccccc12. The molecular weight excluding hydrogens is 238 g/mol. The van der Waals surface area contributed by atoms with Crippen LogP contribution >= 0.6 is 0 Å². The first kappa shape index (κ1) is 13.6. The number of anilines is 1. The molecule has 1 unspecified atom stereocenters. The summed E-state index contributed by atoms with van der Waals surface area (Å²) in [5, 5.41) is 7.18. The summed E-state index contributed by atoms with van der Waals surface area (Å²) in [6.45, 7) is 4.71. The second-order valence-electron chi connectivity index (χ2n) is 4.82. The predicted octanol–water partition coefficient (Wildman–Crippen LogP) is 2.66. The second-order valence-corrected chi connectivity index (χ2v) is 4.82. The Labute approximate surface area is 113 Å². The largest absolute Gasteiger partial charge is 0.357 e. The van der Waals surface area contributed by atoms with E-state index >= 15 is 0 Å². The second kappa shape index (κ2) is 5.89. The minimum absolute atomic E-state index is 0.00179. The van der Waals surface area contributed by atoms with Gasteiger partial charge in [0, 0.05) is 23.1 Å². The smallest absolute Gasteiger partial charge is 0.228 e. The van der Waals surface area contributed by atoms with Gasteiger partial charge in [0.2, 0.25) is 5.91 Å². The Bertz CT molecular complexity index is 574. The summed E-state index contributed by atoms with van der Waals surface area (Å²) in [5.74, 6) is 0.0720. The number of fused-ring (bicyclic) bond motifs is 1. The first-order valence-corrected chi connectivity index (χ1v) is 6.70. The average molecular weight is 259 g/mol. The normalized spacial score (nSPS) is 12.6. The number of carbonyl (C=O) groups excluding carboxylic acids is 1. The fraction of sp³-hybridized carbons (Fsp3) is 0.400. The molecule has 0 aliphatic carbocycles. The number of carbonyl (C=O) groups is 1. The van der Waals surface area contributed by atoms with Gasteiger partial charge in [-0.05, 0) is 26.5 Å². The molecular formula is C15H21N3O. The van der Waals surface area contributed by atoms with Gasteiger partial charge in [-0.1, -0.05) is 25.1 Å². The van der Waals surface area contributed by atoms with E-state index in [0.717, 1.165) is 28.7 Å². The molecule has 0 radical (unpaired) electrons. The number of aryl methyl sites for hydroxylation is 1. The molecule has 3 N–H and O–H groups in total. The van der Waals surface area contributed by atoms with Crippen LogP contribution in [0.5, 0.6) is 0 Å². The van der Waals surface area contributed by atoms with Crippen molar-refractivity contribution in [1.82, 2.24) is 10.3 Å². The quantitative estimate of drug-likeness (QED) is 0.773. The molecule has 0 aliphatic rings. The summed E-state index contributed by atoms with van der Waals surface area (Å²) >= 11 is 0. The number of aromatic nitrogens is 1. The molecule has 19 heavy (non-hydrogen) atoms. The molecule has 1 atom stereocenters. The van der Waals surface area contributed by atoms with E-state index in [0.29, 0.717) is 6.54 Å². The van der Waals surface area contributed by atoms with Crippen LogP contribution in [0.15, 0.2) is 24.3 Å². The number of H-pyrrole nitrogens is 1. The number of rotatable bonds is 5. The lowest BCUT2D eigenvalue weighted by molar-refractivity contribution is -0.119. The van der Waals surface area contributed by atoms with E-state index < -0.39 is 0 Å². The molecule has 102 valence electrons. The molecule has 2 aromatic rings. The minimum Gasteiger partial charge on any atom is -0.357 e. The molecule has 1 aromatic heterocycles. The van der Waals surface area contributed by atoms with Gasteiger partial charge in [0.1, 0.15) is 0 Å².